The highest BCUT2D eigenvalue weighted by Gasteiger charge is 2.25. The number of hydrogen-bond donors (Lipinski definition) is 1. The lowest BCUT2D eigenvalue weighted by molar-refractivity contribution is -0.126. The van der Waals surface area contributed by atoms with Gasteiger partial charge in [-0.15, -0.1) is 0 Å². The Morgan fingerprint density at radius 3 is 2.41 bits per heavy atom. The second-order valence-electron chi connectivity index (χ2n) is 3.79. The number of hydrogen-bond acceptors (Lipinski definition) is 5. The van der Waals surface area contributed by atoms with E-state index in [0.717, 1.165) is 0 Å². The average Bonchev–Trinajstić information content (AvgIpc) is 2.28. The minimum Gasteiger partial charge on any atom is -0.446 e. The lowest BCUT2D eigenvalue weighted by Gasteiger charge is -2.31. The molecule has 7 heteroatoms. The van der Waals surface area contributed by atoms with Gasteiger partial charge in [-0.1, -0.05) is 5.16 Å². The standard InChI is InChI=1S/C10H17N3O4/c1-7(12-16-2)9(14)13-5-3-8(4-6-13)17-10(11)15/h8H,3-6H2,1-2H3,(H2,11,15). The molecule has 2 N–H and O–H groups in total. The highest BCUT2D eigenvalue weighted by molar-refractivity contribution is 6.37. The number of piperidine rings is 1. The first-order valence-electron chi connectivity index (χ1n) is 5.37. The molecule has 1 rings (SSSR count). The molecule has 1 heterocycles. The van der Waals surface area contributed by atoms with E-state index < -0.39 is 6.09 Å². The van der Waals surface area contributed by atoms with Gasteiger partial charge < -0.3 is 20.2 Å². The lowest BCUT2D eigenvalue weighted by atomic mass is 10.1. The topological polar surface area (TPSA) is 94.2 Å². The summed E-state index contributed by atoms with van der Waals surface area (Å²) in [5.41, 5.74) is 5.24. The first kappa shape index (κ1) is 13.3. The third-order valence-corrected chi connectivity index (χ3v) is 2.55. The number of oxime groups is 1. The molecule has 0 aromatic heterocycles. The van der Waals surface area contributed by atoms with Gasteiger partial charge >= 0.3 is 6.09 Å². The molecule has 96 valence electrons. The number of likely N-dealkylation sites (tertiary alicyclic amines) is 1. The summed E-state index contributed by atoms with van der Waals surface area (Å²) >= 11 is 0. The molecule has 0 aromatic carbocycles. The van der Waals surface area contributed by atoms with Gasteiger partial charge in [0.25, 0.3) is 5.91 Å². The van der Waals surface area contributed by atoms with Gasteiger partial charge in [0.05, 0.1) is 0 Å². The maximum absolute atomic E-state index is 11.8. The zero-order valence-corrected chi connectivity index (χ0v) is 10.0. The van der Waals surface area contributed by atoms with Crippen LogP contribution in [0, 0.1) is 0 Å². The fourth-order valence-corrected chi connectivity index (χ4v) is 1.75. The highest BCUT2D eigenvalue weighted by Crippen LogP contribution is 2.14. The summed E-state index contributed by atoms with van der Waals surface area (Å²) < 4.78 is 4.87. The monoisotopic (exact) mass is 243 g/mol. The molecular formula is C10H17N3O4. The first-order chi connectivity index (χ1) is 8.04. The lowest BCUT2D eigenvalue weighted by Crippen LogP contribution is -2.44. The molecule has 0 spiro atoms. The second-order valence-corrected chi connectivity index (χ2v) is 3.79. The normalized spacial score (nSPS) is 17.8. The zero-order chi connectivity index (χ0) is 12.8. The Kier molecular flexibility index (Phi) is 4.74. The summed E-state index contributed by atoms with van der Waals surface area (Å²) in [5, 5.41) is 3.59. The Bertz CT molecular complexity index is 322. The Balaban J connectivity index is 2.44. The molecule has 17 heavy (non-hydrogen) atoms. The molecule has 1 fully saturated rings. The molecule has 1 saturated heterocycles. The molecule has 0 atom stereocenters. The smallest absolute Gasteiger partial charge is 0.404 e. The van der Waals surface area contributed by atoms with Crippen molar-refractivity contribution in [2.75, 3.05) is 20.2 Å². The molecular weight excluding hydrogens is 226 g/mol. The molecule has 0 bridgehead atoms. The number of nitrogens with two attached hydrogens (primary N) is 1. The summed E-state index contributed by atoms with van der Waals surface area (Å²) in [4.78, 5) is 28.6. The number of nitrogens with zero attached hydrogens (tertiary/aromatic N) is 2. The van der Waals surface area contributed by atoms with Crippen LogP contribution in [0.1, 0.15) is 19.8 Å². The number of carbonyl (C=O) groups excluding carboxylic acids is 2. The van der Waals surface area contributed by atoms with Crippen molar-refractivity contribution < 1.29 is 19.2 Å². The summed E-state index contributed by atoms with van der Waals surface area (Å²) in [7, 11) is 1.39. The molecule has 0 radical (unpaired) electrons. The average molecular weight is 243 g/mol. The van der Waals surface area contributed by atoms with Crippen molar-refractivity contribution in [1.82, 2.24) is 4.90 Å². The molecule has 0 aliphatic carbocycles. The number of carbonyl (C=O) groups is 2. The molecule has 0 saturated carbocycles. The van der Waals surface area contributed by atoms with Gasteiger partial charge in [0.1, 0.15) is 18.9 Å². The van der Waals surface area contributed by atoms with Gasteiger partial charge in [-0.05, 0) is 6.92 Å². The van der Waals surface area contributed by atoms with E-state index in [-0.39, 0.29) is 12.0 Å². The van der Waals surface area contributed by atoms with E-state index in [0.29, 0.717) is 31.6 Å². The second kappa shape index (κ2) is 6.07. The van der Waals surface area contributed by atoms with Crippen molar-refractivity contribution in [1.29, 1.82) is 0 Å². The van der Waals surface area contributed by atoms with Crippen molar-refractivity contribution in [2.24, 2.45) is 10.9 Å². The fourth-order valence-electron chi connectivity index (χ4n) is 1.75. The van der Waals surface area contributed by atoms with E-state index in [4.69, 9.17) is 10.5 Å². The van der Waals surface area contributed by atoms with Gasteiger partial charge in [-0.25, -0.2) is 4.79 Å². The summed E-state index contributed by atoms with van der Waals surface area (Å²) in [5.74, 6) is -0.163. The Morgan fingerprint density at radius 2 is 1.94 bits per heavy atom. The molecule has 0 unspecified atom stereocenters. The van der Waals surface area contributed by atoms with E-state index in [1.54, 1.807) is 11.8 Å². The third kappa shape index (κ3) is 3.93. The van der Waals surface area contributed by atoms with Crippen LogP contribution in [0.3, 0.4) is 0 Å². The Morgan fingerprint density at radius 1 is 1.35 bits per heavy atom. The van der Waals surface area contributed by atoms with Crippen LogP contribution in [0.15, 0.2) is 5.16 Å². The SMILES string of the molecule is CON=C(C)C(=O)N1CCC(OC(N)=O)CC1. The van der Waals surface area contributed by atoms with Gasteiger partial charge in [0.2, 0.25) is 0 Å². The van der Waals surface area contributed by atoms with Crippen LogP contribution in [-0.2, 0) is 14.4 Å². The van der Waals surface area contributed by atoms with Crippen LogP contribution in [-0.4, -0.2) is 48.9 Å². The van der Waals surface area contributed by atoms with Crippen molar-refractivity contribution in [3.8, 4) is 0 Å². The largest absolute Gasteiger partial charge is 0.446 e. The van der Waals surface area contributed by atoms with Crippen LogP contribution >= 0.6 is 0 Å². The molecule has 2 amide bonds. The number of amides is 2. The van der Waals surface area contributed by atoms with Crippen LogP contribution in [0.25, 0.3) is 0 Å². The highest BCUT2D eigenvalue weighted by atomic mass is 16.6. The van der Waals surface area contributed by atoms with Crippen molar-refractivity contribution in [3.63, 3.8) is 0 Å². The number of rotatable bonds is 3. The van der Waals surface area contributed by atoms with Crippen molar-refractivity contribution >= 4 is 17.7 Å². The van der Waals surface area contributed by atoms with E-state index >= 15 is 0 Å². The summed E-state index contributed by atoms with van der Waals surface area (Å²) in [6.07, 6.45) is 0.215. The van der Waals surface area contributed by atoms with Crippen molar-refractivity contribution in [3.05, 3.63) is 0 Å². The van der Waals surface area contributed by atoms with Crippen LogP contribution in [0.5, 0.6) is 0 Å². The van der Waals surface area contributed by atoms with Crippen LogP contribution in [0.2, 0.25) is 0 Å². The van der Waals surface area contributed by atoms with Crippen LogP contribution in [0.4, 0.5) is 4.79 Å². The summed E-state index contributed by atoms with van der Waals surface area (Å²) in [6.45, 7) is 2.64. The predicted octanol–water partition coefficient (Wildman–Crippen LogP) is 0.0950. The Labute approximate surface area is 99.5 Å². The van der Waals surface area contributed by atoms with Gasteiger partial charge in [-0.2, -0.15) is 0 Å². The van der Waals surface area contributed by atoms with E-state index in [9.17, 15) is 9.59 Å². The summed E-state index contributed by atoms with van der Waals surface area (Å²) in [6, 6.07) is 0. The van der Waals surface area contributed by atoms with Crippen LogP contribution < -0.4 is 5.73 Å². The number of ether oxygens (including phenoxy) is 1. The predicted molar refractivity (Wildman–Crippen MR) is 60.4 cm³/mol. The van der Waals surface area contributed by atoms with E-state index in [1.165, 1.54) is 7.11 Å². The first-order valence-corrected chi connectivity index (χ1v) is 5.37. The maximum Gasteiger partial charge on any atom is 0.404 e. The molecule has 1 aliphatic heterocycles. The molecule has 1 aliphatic rings. The Hall–Kier alpha value is -1.79. The van der Waals surface area contributed by atoms with E-state index in [2.05, 4.69) is 9.99 Å². The minimum atomic E-state index is -0.771. The van der Waals surface area contributed by atoms with Gasteiger partial charge in [0.15, 0.2) is 0 Å². The minimum absolute atomic E-state index is 0.163. The molecule has 7 nitrogen and oxygen atoms in total. The van der Waals surface area contributed by atoms with Crippen molar-refractivity contribution in [2.45, 2.75) is 25.9 Å². The fraction of sp³-hybridized carbons (Fsp3) is 0.700. The van der Waals surface area contributed by atoms with Gasteiger partial charge in [0, 0.05) is 25.9 Å². The van der Waals surface area contributed by atoms with Gasteiger partial charge in [-0.3, -0.25) is 4.79 Å². The number of primary amides is 1. The maximum atomic E-state index is 11.8. The van der Waals surface area contributed by atoms with E-state index in [1.807, 2.05) is 0 Å². The molecule has 0 aromatic rings. The third-order valence-electron chi connectivity index (χ3n) is 2.55. The quantitative estimate of drug-likeness (QED) is 0.561. The zero-order valence-electron chi connectivity index (χ0n) is 10.0.